The molecule has 172 valence electrons. The summed E-state index contributed by atoms with van der Waals surface area (Å²) < 4.78 is 0. The van der Waals surface area contributed by atoms with Crippen LogP contribution in [0, 0.1) is 25.2 Å². The lowest BCUT2D eigenvalue weighted by Gasteiger charge is -2.18. The second kappa shape index (κ2) is 8.84. The van der Waals surface area contributed by atoms with Gasteiger partial charge in [0.25, 0.3) is 11.1 Å². The molecule has 4 N–H and O–H groups in total. The molecule has 0 aliphatic carbocycles. The number of H-pyrrole nitrogens is 4. The summed E-state index contributed by atoms with van der Waals surface area (Å²) in [4.78, 5) is 26.5. The molecule has 0 bridgehead atoms. The van der Waals surface area contributed by atoms with Gasteiger partial charge in [-0.05, 0) is 42.7 Å². The minimum atomic E-state index is -0.694. The molecule has 5 aromatic rings. The summed E-state index contributed by atoms with van der Waals surface area (Å²) in [6.07, 6.45) is 0. The molecule has 35 heavy (non-hydrogen) atoms. The van der Waals surface area contributed by atoms with Crippen LogP contribution in [-0.2, 0) is 0 Å². The van der Waals surface area contributed by atoms with Gasteiger partial charge in [0.15, 0.2) is 0 Å². The van der Waals surface area contributed by atoms with E-state index < -0.39 is 5.92 Å². The topological polar surface area (TPSA) is 121 Å². The normalized spacial score (nSPS) is 11.0. The standard InChI is InChI=1S/C28H23N5O2/c1-16-3-9-20(10-4-16)25-23(27(34)32-30-25)22(19-13-7-18(15-29)8-14-19)24-26(31-33-28(24)35)21-11-5-17(2)6-12-21/h3-14,22H,1-2H3,(H2,30,32,34)(H2,31,33,35). The number of nitriles is 1. The van der Waals surface area contributed by atoms with Crippen molar-refractivity contribution in [3.05, 3.63) is 127 Å². The molecule has 3 aromatic carbocycles. The molecule has 7 nitrogen and oxygen atoms in total. The van der Waals surface area contributed by atoms with E-state index in [9.17, 15) is 14.9 Å². The molecule has 5 rings (SSSR count). The fraction of sp³-hybridized carbons (Fsp3) is 0.107. The zero-order valence-corrected chi connectivity index (χ0v) is 19.3. The minimum Gasteiger partial charge on any atom is -0.297 e. The van der Waals surface area contributed by atoms with Crippen LogP contribution in [0.3, 0.4) is 0 Å². The number of nitrogens with one attached hydrogen (secondary N) is 4. The molecule has 7 heteroatoms. The largest absolute Gasteiger partial charge is 0.297 e. The molecule has 0 unspecified atom stereocenters. The highest BCUT2D eigenvalue weighted by Crippen LogP contribution is 2.37. The van der Waals surface area contributed by atoms with Crippen molar-refractivity contribution >= 4 is 0 Å². The van der Waals surface area contributed by atoms with Gasteiger partial charge in [0.2, 0.25) is 0 Å². The average Bonchev–Trinajstić information content (AvgIpc) is 3.44. The number of nitrogens with zero attached hydrogens (tertiary/aromatic N) is 1. The summed E-state index contributed by atoms with van der Waals surface area (Å²) in [6.45, 7) is 3.99. The Hall–Kier alpha value is -4.83. The van der Waals surface area contributed by atoms with Crippen molar-refractivity contribution in [3.8, 4) is 28.6 Å². The maximum atomic E-state index is 13.3. The zero-order valence-electron chi connectivity index (χ0n) is 19.3. The lowest BCUT2D eigenvalue weighted by molar-refractivity contribution is 0.954. The van der Waals surface area contributed by atoms with Gasteiger partial charge in [-0.2, -0.15) is 5.26 Å². The van der Waals surface area contributed by atoms with Gasteiger partial charge < -0.3 is 0 Å². The number of benzene rings is 3. The van der Waals surface area contributed by atoms with Crippen LogP contribution in [0.1, 0.15) is 39.3 Å². The van der Waals surface area contributed by atoms with Crippen molar-refractivity contribution in [1.82, 2.24) is 20.4 Å². The third-order valence-corrected chi connectivity index (χ3v) is 6.26. The Morgan fingerprint density at radius 3 is 1.46 bits per heavy atom. The average molecular weight is 462 g/mol. The van der Waals surface area contributed by atoms with Crippen molar-refractivity contribution in [2.45, 2.75) is 19.8 Å². The summed E-state index contributed by atoms with van der Waals surface area (Å²) in [5.41, 5.74) is 6.51. The van der Waals surface area contributed by atoms with Gasteiger partial charge in [0.1, 0.15) is 0 Å². The van der Waals surface area contributed by atoms with Gasteiger partial charge in [-0.15, -0.1) is 0 Å². The Morgan fingerprint density at radius 2 is 1.06 bits per heavy atom. The van der Waals surface area contributed by atoms with E-state index in [1.54, 1.807) is 24.3 Å². The number of aromatic amines is 4. The number of hydrogen-bond donors (Lipinski definition) is 4. The molecular weight excluding hydrogens is 438 g/mol. The van der Waals surface area contributed by atoms with Crippen LogP contribution in [-0.4, -0.2) is 20.4 Å². The first-order valence-corrected chi connectivity index (χ1v) is 11.2. The molecule has 0 saturated carbocycles. The quantitative estimate of drug-likeness (QED) is 0.303. The fourth-order valence-electron chi connectivity index (χ4n) is 4.41. The molecule has 0 aliphatic rings. The van der Waals surface area contributed by atoms with E-state index in [-0.39, 0.29) is 11.1 Å². The van der Waals surface area contributed by atoms with E-state index in [2.05, 4.69) is 26.5 Å². The van der Waals surface area contributed by atoms with Gasteiger partial charge in [-0.3, -0.25) is 30.0 Å². The van der Waals surface area contributed by atoms with Crippen molar-refractivity contribution in [1.29, 1.82) is 5.26 Å². The van der Waals surface area contributed by atoms with Crippen LogP contribution in [0.15, 0.2) is 82.4 Å². The third kappa shape index (κ3) is 4.02. The third-order valence-electron chi connectivity index (χ3n) is 6.26. The van der Waals surface area contributed by atoms with Crippen LogP contribution in [0.4, 0.5) is 0 Å². The summed E-state index contributed by atoms with van der Waals surface area (Å²) >= 11 is 0. The maximum absolute atomic E-state index is 13.3. The predicted molar refractivity (Wildman–Crippen MR) is 135 cm³/mol. The Balaban J connectivity index is 1.79. The Bertz CT molecular complexity index is 1540. The van der Waals surface area contributed by atoms with Crippen LogP contribution in [0.25, 0.3) is 22.5 Å². The number of rotatable bonds is 5. The number of aromatic nitrogens is 4. The smallest absolute Gasteiger partial charge is 0.268 e. The number of aryl methyl sites for hydroxylation is 2. The fourth-order valence-corrected chi connectivity index (χ4v) is 4.41. The van der Waals surface area contributed by atoms with Crippen LogP contribution >= 0.6 is 0 Å². The van der Waals surface area contributed by atoms with E-state index in [1.807, 2.05) is 62.4 Å². The van der Waals surface area contributed by atoms with E-state index in [4.69, 9.17) is 0 Å². The van der Waals surface area contributed by atoms with E-state index >= 15 is 0 Å². The molecule has 0 atom stereocenters. The summed E-state index contributed by atoms with van der Waals surface area (Å²) in [5, 5.41) is 20.8. The molecule has 0 radical (unpaired) electrons. The van der Waals surface area contributed by atoms with Crippen molar-refractivity contribution in [2.75, 3.05) is 0 Å². The first-order chi connectivity index (χ1) is 17.0. The second-order valence-corrected chi connectivity index (χ2v) is 8.63. The van der Waals surface area contributed by atoms with Gasteiger partial charge in [0, 0.05) is 5.92 Å². The number of hydrogen-bond acceptors (Lipinski definition) is 3. The van der Waals surface area contributed by atoms with E-state index in [0.717, 1.165) is 27.8 Å². The van der Waals surface area contributed by atoms with Gasteiger partial charge in [-0.25, -0.2) is 0 Å². The molecular formula is C28H23N5O2. The monoisotopic (exact) mass is 461 g/mol. The zero-order chi connectivity index (χ0) is 24.5. The van der Waals surface area contributed by atoms with E-state index in [0.29, 0.717) is 28.1 Å². The Morgan fingerprint density at radius 1 is 0.629 bits per heavy atom. The SMILES string of the molecule is Cc1ccc(-c2[nH][nH]c(=O)c2C(c2ccc(C#N)cc2)c2c(-c3ccc(C)cc3)[nH][nH]c2=O)cc1. The van der Waals surface area contributed by atoms with Crippen LogP contribution < -0.4 is 11.1 Å². The first kappa shape index (κ1) is 22.0. The highest BCUT2D eigenvalue weighted by atomic mass is 16.1. The summed E-state index contributed by atoms with van der Waals surface area (Å²) in [6, 6.07) is 24.8. The maximum Gasteiger partial charge on any atom is 0.268 e. The molecule has 0 spiro atoms. The molecule has 2 aromatic heterocycles. The molecule has 0 aliphatic heterocycles. The molecule has 0 fully saturated rings. The van der Waals surface area contributed by atoms with Gasteiger partial charge in [-0.1, -0.05) is 71.8 Å². The lowest BCUT2D eigenvalue weighted by Crippen LogP contribution is -2.20. The van der Waals surface area contributed by atoms with Crippen molar-refractivity contribution < 1.29 is 0 Å². The highest BCUT2D eigenvalue weighted by molar-refractivity contribution is 5.71. The van der Waals surface area contributed by atoms with Crippen LogP contribution in [0.5, 0.6) is 0 Å². The first-order valence-electron chi connectivity index (χ1n) is 11.2. The Kier molecular flexibility index (Phi) is 5.55. The molecule has 0 amide bonds. The molecule has 0 saturated heterocycles. The Labute approximate surface area is 201 Å². The van der Waals surface area contributed by atoms with Gasteiger partial charge >= 0.3 is 0 Å². The predicted octanol–water partition coefficient (Wildman–Crippen LogP) is 4.72. The van der Waals surface area contributed by atoms with Crippen molar-refractivity contribution in [3.63, 3.8) is 0 Å². The van der Waals surface area contributed by atoms with Gasteiger partial charge in [0.05, 0.1) is 34.1 Å². The molecule has 2 heterocycles. The second-order valence-electron chi connectivity index (χ2n) is 8.63. The summed E-state index contributed by atoms with van der Waals surface area (Å²) in [7, 11) is 0. The lowest BCUT2D eigenvalue weighted by atomic mass is 9.82. The van der Waals surface area contributed by atoms with E-state index in [1.165, 1.54) is 0 Å². The highest BCUT2D eigenvalue weighted by Gasteiger charge is 2.31. The summed E-state index contributed by atoms with van der Waals surface area (Å²) in [5.74, 6) is -0.694. The minimum absolute atomic E-state index is 0.314. The van der Waals surface area contributed by atoms with Crippen LogP contribution in [0.2, 0.25) is 0 Å². The van der Waals surface area contributed by atoms with Crippen molar-refractivity contribution in [2.24, 2.45) is 0 Å².